The van der Waals surface area contributed by atoms with Gasteiger partial charge in [0, 0.05) is 6.20 Å². The van der Waals surface area contributed by atoms with Crippen molar-refractivity contribution >= 4 is 5.90 Å². The number of benzene rings is 1. The minimum atomic E-state index is -4.71. The van der Waals surface area contributed by atoms with Crippen LogP contribution in [-0.2, 0) is 4.84 Å². The largest absolute Gasteiger partial charge is 0.573 e. The molecule has 0 spiro atoms. The van der Waals surface area contributed by atoms with Crippen molar-refractivity contribution in [2.75, 3.05) is 0 Å². The molecule has 0 bridgehead atoms. The Morgan fingerprint density at radius 2 is 1.88 bits per heavy atom. The van der Waals surface area contributed by atoms with Crippen LogP contribution in [0.4, 0.5) is 13.2 Å². The second-order valence-electron chi connectivity index (χ2n) is 5.20. The maximum absolute atomic E-state index is 12.1. The van der Waals surface area contributed by atoms with Crippen molar-refractivity contribution in [2.45, 2.75) is 25.8 Å². The summed E-state index contributed by atoms with van der Waals surface area (Å²) in [5.41, 5.74) is 1.62. The molecule has 0 saturated heterocycles. The minimum Gasteiger partial charge on any atom is -0.438 e. The lowest BCUT2D eigenvalue weighted by Crippen LogP contribution is -2.17. The summed E-state index contributed by atoms with van der Waals surface area (Å²) < 4.78 is 45.8. The van der Waals surface area contributed by atoms with Crippen molar-refractivity contribution in [3.05, 3.63) is 53.9 Å². The van der Waals surface area contributed by atoms with E-state index in [4.69, 9.17) is 9.57 Å². The van der Waals surface area contributed by atoms with E-state index in [1.54, 1.807) is 12.4 Å². The number of rotatable bonds is 3. The number of oxime groups is 1. The molecule has 0 fully saturated rings. The normalized spacial score (nSPS) is 17.2. The highest BCUT2D eigenvalue weighted by molar-refractivity contribution is 5.79. The van der Waals surface area contributed by atoms with Crippen molar-refractivity contribution in [3.63, 3.8) is 0 Å². The zero-order chi connectivity index (χ0) is 17.2. The predicted molar refractivity (Wildman–Crippen MR) is 78.6 cm³/mol. The summed E-state index contributed by atoms with van der Waals surface area (Å²) in [5, 5.41) is 3.86. The molecule has 2 heterocycles. The number of hydrogen-bond donors (Lipinski definition) is 0. The Balaban J connectivity index is 1.60. The Kier molecular flexibility index (Phi) is 4.28. The Labute approximate surface area is 135 Å². The first-order valence-electron chi connectivity index (χ1n) is 7.07. The van der Waals surface area contributed by atoms with Gasteiger partial charge in [0.15, 0.2) is 6.10 Å². The predicted octanol–water partition coefficient (Wildman–Crippen LogP) is 4.14. The summed E-state index contributed by atoms with van der Waals surface area (Å²) in [5.74, 6) is 0.641. The van der Waals surface area contributed by atoms with Crippen molar-refractivity contribution < 1.29 is 27.5 Å². The molecule has 1 aliphatic rings. The van der Waals surface area contributed by atoms with Crippen LogP contribution in [0.5, 0.6) is 11.5 Å². The number of ether oxygens (including phenoxy) is 2. The number of halogens is 3. The molecule has 1 atom stereocenters. The maximum atomic E-state index is 12.1. The molecule has 2 aromatic rings. The topological polar surface area (TPSA) is 52.9 Å². The van der Waals surface area contributed by atoms with Gasteiger partial charge < -0.3 is 14.3 Å². The van der Waals surface area contributed by atoms with Crippen LogP contribution in [0.25, 0.3) is 0 Å². The van der Waals surface area contributed by atoms with Crippen LogP contribution in [0.15, 0.2) is 47.9 Å². The standard InChI is InChI=1S/C16H13F3N2O3/c1-10-6-13(9-20-8-10)22-15-7-14(24-21-15)11-2-4-12(5-3-11)23-16(17,18)19/h2-6,8-9,14H,7H2,1H3/t14-/m0/s1. The Morgan fingerprint density at radius 3 is 2.54 bits per heavy atom. The minimum absolute atomic E-state index is 0.285. The molecule has 5 nitrogen and oxygen atoms in total. The summed E-state index contributed by atoms with van der Waals surface area (Å²) in [6.45, 7) is 1.89. The highest BCUT2D eigenvalue weighted by Gasteiger charge is 2.31. The molecule has 1 aromatic carbocycles. The number of aromatic nitrogens is 1. The fourth-order valence-corrected chi connectivity index (χ4v) is 2.20. The molecular weight excluding hydrogens is 325 g/mol. The molecule has 0 amide bonds. The van der Waals surface area contributed by atoms with Gasteiger partial charge in [-0.15, -0.1) is 13.2 Å². The van der Waals surface area contributed by atoms with Crippen LogP contribution in [0, 0.1) is 6.92 Å². The summed E-state index contributed by atoms with van der Waals surface area (Å²) in [6.07, 6.45) is -1.50. The average Bonchev–Trinajstić information content (AvgIpc) is 2.95. The second-order valence-corrected chi connectivity index (χ2v) is 5.20. The van der Waals surface area contributed by atoms with Gasteiger partial charge in [0.2, 0.25) is 5.90 Å². The van der Waals surface area contributed by atoms with E-state index in [-0.39, 0.29) is 5.75 Å². The highest BCUT2D eigenvalue weighted by Crippen LogP contribution is 2.30. The molecule has 24 heavy (non-hydrogen) atoms. The van der Waals surface area contributed by atoms with E-state index in [2.05, 4.69) is 14.9 Å². The third-order valence-electron chi connectivity index (χ3n) is 3.21. The van der Waals surface area contributed by atoms with Crippen molar-refractivity contribution in [1.29, 1.82) is 0 Å². The number of aryl methyl sites for hydroxylation is 1. The van der Waals surface area contributed by atoms with Gasteiger partial charge in [-0.3, -0.25) is 4.98 Å². The van der Waals surface area contributed by atoms with E-state index < -0.39 is 12.5 Å². The van der Waals surface area contributed by atoms with E-state index in [0.717, 1.165) is 5.56 Å². The molecule has 0 saturated carbocycles. The zero-order valence-corrected chi connectivity index (χ0v) is 12.6. The smallest absolute Gasteiger partial charge is 0.438 e. The molecule has 8 heteroatoms. The first-order valence-corrected chi connectivity index (χ1v) is 7.07. The van der Waals surface area contributed by atoms with E-state index in [1.807, 2.05) is 13.0 Å². The third kappa shape index (κ3) is 4.15. The molecule has 0 radical (unpaired) electrons. The molecule has 0 N–H and O–H groups in total. The van der Waals surface area contributed by atoms with Gasteiger partial charge in [-0.05, 0) is 36.2 Å². The van der Waals surface area contributed by atoms with Crippen LogP contribution in [0.1, 0.15) is 23.7 Å². The van der Waals surface area contributed by atoms with Gasteiger partial charge in [0.05, 0.1) is 12.6 Å². The molecule has 3 rings (SSSR count). The fourth-order valence-electron chi connectivity index (χ4n) is 2.20. The lowest BCUT2D eigenvalue weighted by Gasteiger charge is -2.11. The van der Waals surface area contributed by atoms with E-state index in [1.165, 1.54) is 24.3 Å². The quantitative estimate of drug-likeness (QED) is 0.844. The Bertz CT molecular complexity index is 745. The van der Waals surface area contributed by atoms with Gasteiger partial charge in [-0.25, -0.2) is 0 Å². The fraction of sp³-hybridized carbons (Fsp3) is 0.250. The van der Waals surface area contributed by atoms with Crippen LogP contribution in [0.2, 0.25) is 0 Å². The van der Waals surface area contributed by atoms with E-state index in [9.17, 15) is 13.2 Å². The number of hydrogen-bond acceptors (Lipinski definition) is 5. The monoisotopic (exact) mass is 338 g/mol. The summed E-state index contributed by atoms with van der Waals surface area (Å²) >= 11 is 0. The Hall–Kier alpha value is -2.77. The van der Waals surface area contributed by atoms with Crippen molar-refractivity contribution in [2.24, 2.45) is 5.16 Å². The molecular formula is C16H13F3N2O3. The maximum Gasteiger partial charge on any atom is 0.573 e. The molecule has 1 aromatic heterocycles. The highest BCUT2D eigenvalue weighted by atomic mass is 19.4. The van der Waals surface area contributed by atoms with Gasteiger partial charge in [0.25, 0.3) is 0 Å². The first kappa shape index (κ1) is 16.1. The Morgan fingerprint density at radius 1 is 1.12 bits per heavy atom. The van der Waals surface area contributed by atoms with Gasteiger partial charge in [-0.1, -0.05) is 17.3 Å². The van der Waals surface area contributed by atoms with Crippen LogP contribution in [-0.4, -0.2) is 17.2 Å². The SMILES string of the molecule is Cc1cncc(OC2=NO[C@H](c3ccc(OC(F)(F)F)cc3)C2)c1. The molecule has 0 aliphatic carbocycles. The van der Waals surface area contributed by atoms with E-state index in [0.29, 0.717) is 23.6 Å². The summed E-state index contributed by atoms with van der Waals surface area (Å²) in [4.78, 5) is 9.29. The van der Waals surface area contributed by atoms with E-state index >= 15 is 0 Å². The van der Waals surface area contributed by atoms with Crippen molar-refractivity contribution in [1.82, 2.24) is 4.98 Å². The zero-order valence-electron chi connectivity index (χ0n) is 12.6. The molecule has 126 valence electrons. The second kappa shape index (κ2) is 6.38. The third-order valence-corrected chi connectivity index (χ3v) is 3.21. The number of pyridine rings is 1. The molecule has 0 unspecified atom stereocenters. The number of nitrogens with zero attached hydrogens (tertiary/aromatic N) is 2. The lowest BCUT2D eigenvalue weighted by molar-refractivity contribution is -0.274. The van der Waals surface area contributed by atoms with Gasteiger partial charge in [0.1, 0.15) is 11.5 Å². The van der Waals surface area contributed by atoms with Crippen LogP contribution >= 0.6 is 0 Å². The lowest BCUT2D eigenvalue weighted by atomic mass is 10.1. The summed E-state index contributed by atoms with van der Waals surface area (Å²) in [6, 6.07) is 7.27. The average molecular weight is 338 g/mol. The van der Waals surface area contributed by atoms with Crippen LogP contribution < -0.4 is 9.47 Å². The van der Waals surface area contributed by atoms with Crippen LogP contribution in [0.3, 0.4) is 0 Å². The van der Waals surface area contributed by atoms with Crippen molar-refractivity contribution in [3.8, 4) is 11.5 Å². The summed E-state index contributed by atoms with van der Waals surface area (Å²) in [7, 11) is 0. The first-order chi connectivity index (χ1) is 11.4. The van der Waals surface area contributed by atoms with Gasteiger partial charge in [-0.2, -0.15) is 0 Å². The molecule has 1 aliphatic heterocycles. The van der Waals surface area contributed by atoms with Gasteiger partial charge >= 0.3 is 6.36 Å². The number of alkyl halides is 3.